The van der Waals surface area contributed by atoms with E-state index in [9.17, 15) is 9.59 Å². The van der Waals surface area contributed by atoms with E-state index in [1.165, 1.54) is 11.8 Å². The van der Waals surface area contributed by atoms with Crippen LogP contribution in [-0.2, 0) is 22.6 Å². The Morgan fingerprint density at radius 3 is 2.55 bits per heavy atom. The normalized spacial score (nSPS) is 12.5. The molecule has 0 bridgehead atoms. The number of aryl methyl sites for hydroxylation is 1. The van der Waals surface area contributed by atoms with E-state index in [1.807, 2.05) is 51.3 Å². The van der Waals surface area contributed by atoms with Gasteiger partial charge in [0.15, 0.2) is 5.16 Å². The number of aromatic nitrogens is 3. The first-order valence-electron chi connectivity index (χ1n) is 9.56. The summed E-state index contributed by atoms with van der Waals surface area (Å²) < 4.78 is 1.94. The Hall–Kier alpha value is -2.06. The number of carbonyl (C=O) groups is 2. The zero-order valence-corrected chi connectivity index (χ0v) is 19.0. The van der Waals surface area contributed by atoms with Crippen LogP contribution >= 0.6 is 23.4 Å². The first-order valence-corrected chi connectivity index (χ1v) is 10.8. The summed E-state index contributed by atoms with van der Waals surface area (Å²) in [5, 5.41) is 15.1. The van der Waals surface area contributed by atoms with Crippen molar-refractivity contribution in [2.24, 2.45) is 0 Å². The molecule has 158 valence electrons. The molecule has 0 saturated carbocycles. The topological polar surface area (TPSA) is 88.9 Å². The summed E-state index contributed by atoms with van der Waals surface area (Å²) in [6, 6.07) is 7.11. The van der Waals surface area contributed by atoms with Crippen LogP contribution in [0.3, 0.4) is 0 Å². The molecule has 0 fully saturated rings. The monoisotopic (exact) mass is 437 g/mol. The molecule has 7 nitrogen and oxygen atoms in total. The zero-order valence-electron chi connectivity index (χ0n) is 17.5. The molecular formula is C20H28ClN5O2S. The van der Waals surface area contributed by atoms with Crippen LogP contribution in [0.1, 0.15) is 46.9 Å². The van der Waals surface area contributed by atoms with Gasteiger partial charge in [-0.3, -0.25) is 9.59 Å². The molecule has 29 heavy (non-hydrogen) atoms. The third kappa shape index (κ3) is 7.04. The molecule has 1 aromatic carbocycles. The number of anilines is 1. The molecule has 1 unspecified atom stereocenters. The van der Waals surface area contributed by atoms with Gasteiger partial charge in [0.25, 0.3) is 0 Å². The highest BCUT2D eigenvalue weighted by Gasteiger charge is 2.23. The SMILES string of the molecule is CCn1c(CCC(=O)Nc2ccccc2Cl)nnc1SC(C)C(=O)NC(C)(C)C. The van der Waals surface area contributed by atoms with E-state index in [4.69, 9.17) is 11.6 Å². The van der Waals surface area contributed by atoms with Gasteiger partial charge in [0.1, 0.15) is 5.82 Å². The number of amides is 2. The fourth-order valence-electron chi connectivity index (χ4n) is 2.59. The van der Waals surface area contributed by atoms with E-state index in [1.54, 1.807) is 12.1 Å². The van der Waals surface area contributed by atoms with Crippen molar-refractivity contribution in [3.63, 3.8) is 0 Å². The molecule has 9 heteroatoms. The highest BCUT2D eigenvalue weighted by molar-refractivity contribution is 8.00. The zero-order chi connectivity index (χ0) is 21.6. The van der Waals surface area contributed by atoms with Gasteiger partial charge in [0, 0.05) is 24.9 Å². The third-order valence-corrected chi connectivity index (χ3v) is 5.39. The molecule has 0 saturated heterocycles. The van der Waals surface area contributed by atoms with E-state index in [2.05, 4.69) is 20.8 Å². The number of nitrogens with one attached hydrogen (secondary N) is 2. The van der Waals surface area contributed by atoms with Gasteiger partial charge in [-0.25, -0.2) is 0 Å². The molecule has 0 aliphatic heterocycles. The number of para-hydroxylation sites is 1. The molecule has 2 rings (SSSR count). The summed E-state index contributed by atoms with van der Waals surface area (Å²) in [6.07, 6.45) is 0.703. The van der Waals surface area contributed by atoms with Crippen LogP contribution in [0, 0.1) is 0 Å². The lowest BCUT2D eigenvalue weighted by Crippen LogP contribution is -2.44. The average molecular weight is 438 g/mol. The van der Waals surface area contributed by atoms with Gasteiger partial charge >= 0.3 is 0 Å². The Bertz CT molecular complexity index is 863. The van der Waals surface area contributed by atoms with Gasteiger partial charge in [-0.1, -0.05) is 35.5 Å². The van der Waals surface area contributed by atoms with Crippen LogP contribution in [-0.4, -0.2) is 37.4 Å². The first kappa shape index (κ1) is 23.2. The highest BCUT2D eigenvalue weighted by atomic mass is 35.5. The smallest absolute Gasteiger partial charge is 0.233 e. The molecule has 2 aromatic rings. The van der Waals surface area contributed by atoms with Crippen molar-refractivity contribution in [3.8, 4) is 0 Å². The van der Waals surface area contributed by atoms with Crippen LogP contribution in [0.15, 0.2) is 29.4 Å². The third-order valence-electron chi connectivity index (χ3n) is 3.98. The largest absolute Gasteiger partial charge is 0.351 e. The molecule has 2 amide bonds. The van der Waals surface area contributed by atoms with E-state index in [-0.39, 0.29) is 29.0 Å². The standard InChI is InChI=1S/C20H28ClN5O2S/c1-6-26-16(11-12-17(27)22-15-10-8-7-9-14(15)21)24-25-19(26)29-13(2)18(28)23-20(3,4)5/h7-10,13H,6,11-12H2,1-5H3,(H,22,27)(H,23,28). The number of thioether (sulfide) groups is 1. The Morgan fingerprint density at radius 2 is 1.93 bits per heavy atom. The molecule has 0 aliphatic carbocycles. The minimum Gasteiger partial charge on any atom is -0.351 e. The minimum absolute atomic E-state index is 0.0474. The summed E-state index contributed by atoms with van der Waals surface area (Å²) in [6.45, 7) is 10.3. The fraction of sp³-hybridized carbons (Fsp3) is 0.500. The van der Waals surface area contributed by atoms with Gasteiger partial charge in [-0.15, -0.1) is 10.2 Å². The van der Waals surface area contributed by atoms with Crippen molar-refractivity contribution in [2.75, 3.05) is 5.32 Å². The van der Waals surface area contributed by atoms with Crippen LogP contribution in [0.2, 0.25) is 5.02 Å². The van der Waals surface area contributed by atoms with Gasteiger partial charge in [-0.05, 0) is 46.8 Å². The van der Waals surface area contributed by atoms with E-state index < -0.39 is 0 Å². The summed E-state index contributed by atoms with van der Waals surface area (Å²) in [5.74, 6) is 0.525. The lowest BCUT2D eigenvalue weighted by Gasteiger charge is -2.22. The van der Waals surface area contributed by atoms with Crippen molar-refractivity contribution in [3.05, 3.63) is 35.1 Å². The molecular weight excluding hydrogens is 410 g/mol. The second-order valence-corrected chi connectivity index (χ2v) is 9.39. The van der Waals surface area contributed by atoms with E-state index >= 15 is 0 Å². The average Bonchev–Trinajstić information content (AvgIpc) is 3.02. The molecule has 1 heterocycles. The fourth-order valence-corrected chi connectivity index (χ4v) is 3.71. The first-order chi connectivity index (χ1) is 13.6. The number of halogens is 1. The van der Waals surface area contributed by atoms with Gasteiger partial charge in [0.05, 0.1) is 16.0 Å². The van der Waals surface area contributed by atoms with Crippen molar-refractivity contribution in [1.29, 1.82) is 0 Å². The number of benzene rings is 1. The number of hydrogen-bond acceptors (Lipinski definition) is 5. The van der Waals surface area contributed by atoms with Gasteiger partial charge in [0.2, 0.25) is 11.8 Å². The lowest BCUT2D eigenvalue weighted by molar-refractivity contribution is -0.121. The second kappa shape index (κ2) is 10.1. The summed E-state index contributed by atoms with van der Waals surface area (Å²) in [7, 11) is 0. The summed E-state index contributed by atoms with van der Waals surface area (Å²) in [5.41, 5.74) is 0.302. The van der Waals surface area contributed by atoms with Crippen LogP contribution in [0.25, 0.3) is 0 Å². The molecule has 0 spiro atoms. The molecule has 2 N–H and O–H groups in total. The maximum atomic E-state index is 12.3. The number of hydrogen-bond donors (Lipinski definition) is 2. The van der Waals surface area contributed by atoms with Crippen LogP contribution in [0.5, 0.6) is 0 Å². The molecule has 1 aromatic heterocycles. The van der Waals surface area contributed by atoms with Gasteiger partial charge in [-0.2, -0.15) is 0 Å². The lowest BCUT2D eigenvalue weighted by atomic mass is 10.1. The van der Waals surface area contributed by atoms with Crippen molar-refractivity contribution >= 4 is 40.9 Å². The Kier molecular flexibility index (Phi) is 8.10. The minimum atomic E-state index is -0.305. The summed E-state index contributed by atoms with van der Waals surface area (Å²) in [4.78, 5) is 24.6. The van der Waals surface area contributed by atoms with Gasteiger partial charge < -0.3 is 15.2 Å². The predicted octanol–water partition coefficient (Wildman–Crippen LogP) is 3.92. The number of nitrogens with zero attached hydrogens (tertiary/aromatic N) is 3. The van der Waals surface area contributed by atoms with E-state index in [0.717, 1.165) is 0 Å². The van der Waals surface area contributed by atoms with Crippen molar-refractivity contribution < 1.29 is 9.59 Å². The van der Waals surface area contributed by atoms with Crippen LogP contribution < -0.4 is 10.6 Å². The highest BCUT2D eigenvalue weighted by Crippen LogP contribution is 2.24. The molecule has 1 atom stereocenters. The molecule has 0 radical (unpaired) electrons. The van der Waals surface area contributed by atoms with Crippen LogP contribution in [0.4, 0.5) is 5.69 Å². The molecule has 0 aliphatic rings. The van der Waals surface area contributed by atoms with E-state index in [0.29, 0.717) is 34.7 Å². The Labute approximate surface area is 181 Å². The Morgan fingerprint density at radius 1 is 1.24 bits per heavy atom. The Balaban J connectivity index is 1.97. The maximum absolute atomic E-state index is 12.3. The predicted molar refractivity (Wildman–Crippen MR) is 117 cm³/mol. The second-order valence-electron chi connectivity index (χ2n) is 7.67. The quantitative estimate of drug-likeness (QED) is 0.611. The number of rotatable bonds is 8. The maximum Gasteiger partial charge on any atom is 0.233 e. The van der Waals surface area contributed by atoms with Crippen molar-refractivity contribution in [1.82, 2.24) is 20.1 Å². The van der Waals surface area contributed by atoms with Crippen molar-refractivity contribution in [2.45, 2.75) is 70.0 Å². The number of carbonyl (C=O) groups excluding carboxylic acids is 2. The summed E-state index contributed by atoms with van der Waals surface area (Å²) >= 11 is 7.44.